The van der Waals surface area contributed by atoms with E-state index in [1.165, 1.54) is 23.0 Å². The van der Waals surface area contributed by atoms with Gasteiger partial charge in [0.05, 0.1) is 41.1 Å². The number of ether oxygens (including phenoxy) is 2. The fourth-order valence-corrected chi connectivity index (χ4v) is 4.71. The van der Waals surface area contributed by atoms with Crippen molar-refractivity contribution < 1.29 is 23.5 Å². The van der Waals surface area contributed by atoms with Crippen LogP contribution in [-0.4, -0.2) is 30.2 Å². The second kappa shape index (κ2) is 9.03. The Hall–Kier alpha value is -3.72. The van der Waals surface area contributed by atoms with Crippen molar-refractivity contribution in [3.63, 3.8) is 0 Å². The molecule has 0 saturated carbocycles. The molecule has 9 heteroatoms. The lowest BCUT2D eigenvalue weighted by molar-refractivity contribution is -0.139. The van der Waals surface area contributed by atoms with Gasteiger partial charge in [0, 0.05) is 6.08 Å². The molecule has 2 aromatic heterocycles. The minimum absolute atomic E-state index is 0.186. The smallest absolute Gasteiger partial charge is 0.338 e. The molecule has 1 aromatic carbocycles. The molecule has 1 unspecified atom stereocenters. The van der Waals surface area contributed by atoms with Crippen molar-refractivity contribution in [2.45, 2.75) is 26.8 Å². The van der Waals surface area contributed by atoms with Crippen LogP contribution in [-0.2, 0) is 14.3 Å². The van der Waals surface area contributed by atoms with E-state index in [-0.39, 0.29) is 17.7 Å². The Morgan fingerprint density at radius 3 is 2.48 bits per heavy atom. The lowest BCUT2D eigenvalue weighted by Crippen LogP contribution is -2.39. The van der Waals surface area contributed by atoms with Crippen molar-refractivity contribution in [2.24, 2.45) is 4.99 Å². The molecule has 0 spiro atoms. The first kappa shape index (κ1) is 22.5. The number of methoxy groups -OCH3 is 1. The first-order chi connectivity index (χ1) is 15.8. The number of aryl methyl sites for hydroxylation is 1. The third-order valence-electron chi connectivity index (χ3n) is 5.20. The maximum atomic E-state index is 13.5. The number of hydrogen-bond donors (Lipinski definition) is 0. The molecule has 3 heterocycles. The molecule has 8 nitrogen and oxygen atoms in total. The van der Waals surface area contributed by atoms with E-state index in [9.17, 15) is 14.4 Å². The van der Waals surface area contributed by atoms with Crippen LogP contribution in [0.5, 0.6) is 0 Å². The monoisotopic (exact) mass is 466 g/mol. The Morgan fingerprint density at radius 1 is 1.15 bits per heavy atom. The van der Waals surface area contributed by atoms with Crippen molar-refractivity contribution in [1.82, 2.24) is 4.57 Å². The second-order valence-electron chi connectivity index (χ2n) is 7.36. The highest BCUT2D eigenvalue weighted by Crippen LogP contribution is 2.31. The van der Waals surface area contributed by atoms with Crippen LogP contribution in [0.2, 0.25) is 0 Å². The van der Waals surface area contributed by atoms with Crippen molar-refractivity contribution in [3.05, 3.63) is 90.0 Å². The maximum Gasteiger partial charge on any atom is 0.338 e. The molecular weight excluding hydrogens is 444 g/mol. The summed E-state index contributed by atoms with van der Waals surface area (Å²) in [4.78, 5) is 43.2. The lowest BCUT2D eigenvalue weighted by Gasteiger charge is -2.24. The first-order valence-electron chi connectivity index (χ1n) is 10.3. The molecule has 33 heavy (non-hydrogen) atoms. The van der Waals surface area contributed by atoms with Gasteiger partial charge in [-0.3, -0.25) is 9.36 Å². The van der Waals surface area contributed by atoms with E-state index in [0.717, 1.165) is 5.76 Å². The van der Waals surface area contributed by atoms with Gasteiger partial charge in [-0.15, -0.1) is 0 Å². The van der Waals surface area contributed by atoms with E-state index in [1.54, 1.807) is 50.3 Å². The second-order valence-corrected chi connectivity index (χ2v) is 8.37. The number of rotatable bonds is 5. The molecule has 1 aliphatic rings. The molecule has 170 valence electrons. The molecule has 1 aliphatic heterocycles. The third kappa shape index (κ3) is 4.19. The average molecular weight is 467 g/mol. The van der Waals surface area contributed by atoms with Gasteiger partial charge in [0.15, 0.2) is 4.80 Å². The van der Waals surface area contributed by atoms with E-state index >= 15 is 0 Å². The number of fused-ring (bicyclic) bond motifs is 1. The van der Waals surface area contributed by atoms with E-state index in [4.69, 9.17) is 13.9 Å². The fourth-order valence-electron chi connectivity index (χ4n) is 3.69. The van der Waals surface area contributed by atoms with Crippen LogP contribution in [0.3, 0.4) is 0 Å². The van der Waals surface area contributed by atoms with Gasteiger partial charge in [0.2, 0.25) is 0 Å². The third-order valence-corrected chi connectivity index (χ3v) is 6.18. The molecule has 0 fully saturated rings. The molecule has 0 amide bonds. The van der Waals surface area contributed by atoms with E-state index in [2.05, 4.69) is 4.99 Å². The minimum atomic E-state index is -0.757. The topological polar surface area (TPSA) is 100 Å². The van der Waals surface area contributed by atoms with E-state index in [1.807, 2.05) is 13.0 Å². The largest absolute Gasteiger partial charge is 0.465 e. The van der Waals surface area contributed by atoms with Gasteiger partial charge >= 0.3 is 11.9 Å². The van der Waals surface area contributed by atoms with Crippen LogP contribution in [0.4, 0.5) is 0 Å². The van der Waals surface area contributed by atoms with Crippen LogP contribution < -0.4 is 14.9 Å². The van der Waals surface area contributed by atoms with Gasteiger partial charge in [0.25, 0.3) is 5.56 Å². The van der Waals surface area contributed by atoms with Crippen LogP contribution in [0.25, 0.3) is 6.08 Å². The van der Waals surface area contributed by atoms with Crippen molar-refractivity contribution in [1.29, 1.82) is 0 Å². The first-order valence-corrected chi connectivity index (χ1v) is 11.1. The Labute approximate surface area is 193 Å². The highest BCUT2D eigenvalue weighted by Gasteiger charge is 2.33. The van der Waals surface area contributed by atoms with Crippen LogP contribution in [0.1, 0.15) is 47.3 Å². The van der Waals surface area contributed by atoms with Crippen LogP contribution in [0.15, 0.2) is 61.9 Å². The summed E-state index contributed by atoms with van der Waals surface area (Å²) in [7, 11) is 1.31. The predicted octanol–water partition coefficient (Wildman–Crippen LogP) is 2.49. The van der Waals surface area contributed by atoms with E-state index < -0.39 is 18.0 Å². The fraction of sp³-hybridized carbons (Fsp3) is 0.250. The van der Waals surface area contributed by atoms with Gasteiger partial charge in [-0.2, -0.15) is 0 Å². The number of carbonyl (C=O) groups excluding carboxylic acids is 2. The molecule has 0 aliphatic carbocycles. The Kier molecular flexibility index (Phi) is 6.15. The molecule has 0 radical (unpaired) electrons. The van der Waals surface area contributed by atoms with Gasteiger partial charge in [-0.25, -0.2) is 14.6 Å². The highest BCUT2D eigenvalue weighted by molar-refractivity contribution is 7.07. The zero-order valence-corrected chi connectivity index (χ0v) is 19.4. The summed E-state index contributed by atoms with van der Waals surface area (Å²) in [5.41, 5.74) is 1.44. The Bertz CT molecular complexity index is 1440. The predicted molar refractivity (Wildman–Crippen MR) is 122 cm³/mol. The molecular formula is C24H22N2O6S. The normalized spacial score (nSPS) is 15.8. The number of hydrogen-bond acceptors (Lipinski definition) is 8. The zero-order chi connectivity index (χ0) is 23.7. The summed E-state index contributed by atoms with van der Waals surface area (Å²) in [6.45, 7) is 5.45. The summed E-state index contributed by atoms with van der Waals surface area (Å²) >= 11 is 1.21. The molecule has 3 aromatic rings. The summed E-state index contributed by atoms with van der Waals surface area (Å²) in [6, 6.07) is 9.43. The molecule has 0 saturated heterocycles. The number of nitrogens with zero attached hydrogens (tertiary/aromatic N) is 2. The van der Waals surface area contributed by atoms with Gasteiger partial charge in [0.1, 0.15) is 11.5 Å². The number of aromatic nitrogens is 1. The number of thiazole rings is 1. The summed E-state index contributed by atoms with van der Waals surface area (Å²) in [6.07, 6.45) is 1.66. The van der Waals surface area contributed by atoms with Crippen molar-refractivity contribution in [3.8, 4) is 0 Å². The summed E-state index contributed by atoms with van der Waals surface area (Å²) in [5.74, 6) is 0.268. The van der Waals surface area contributed by atoms with E-state index in [0.29, 0.717) is 31.9 Å². The van der Waals surface area contributed by atoms with Crippen molar-refractivity contribution >= 4 is 29.4 Å². The lowest BCUT2D eigenvalue weighted by atomic mass is 9.95. The number of benzene rings is 1. The summed E-state index contributed by atoms with van der Waals surface area (Å²) < 4.78 is 17.5. The van der Waals surface area contributed by atoms with Crippen molar-refractivity contribution in [2.75, 3.05) is 13.7 Å². The maximum absolute atomic E-state index is 13.5. The number of furan rings is 1. The van der Waals surface area contributed by atoms with Crippen LogP contribution >= 0.6 is 11.3 Å². The molecule has 0 N–H and O–H groups in total. The molecule has 4 rings (SSSR count). The zero-order valence-electron chi connectivity index (χ0n) is 18.6. The number of esters is 2. The van der Waals surface area contributed by atoms with Gasteiger partial charge < -0.3 is 13.9 Å². The minimum Gasteiger partial charge on any atom is -0.465 e. The molecule has 0 bridgehead atoms. The number of allylic oxidation sites excluding steroid dienone is 1. The Balaban J connectivity index is 1.92. The summed E-state index contributed by atoms with van der Waals surface area (Å²) in [5, 5.41) is 0. The quantitative estimate of drug-likeness (QED) is 0.536. The molecule has 1 atom stereocenters. The highest BCUT2D eigenvalue weighted by atomic mass is 32.1. The SMILES string of the molecule is CCOC(=O)C1=C(C)N=c2s/c(=C/c3ccc(C)o3)c(=O)n2C1c1ccc(C(=O)OC)cc1. The van der Waals surface area contributed by atoms with Gasteiger partial charge in [-0.05, 0) is 50.6 Å². The number of carbonyl (C=O) groups is 2. The van der Waals surface area contributed by atoms with Gasteiger partial charge in [-0.1, -0.05) is 23.5 Å². The average Bonchev–Trinajstić information content (AvgIpc) is 3.34. The Morgan fingerprint density at radius 2 is 1.88 bits per heavy atom. The standard InChI is InChI=1S/C24H22N2O6S/c1-5-31-23(29)19-14(3)25-24-26(20(19)15-7-9-16(10-8-15)22(28)30-4)21(27)18(33-24)12-17-11-6-13(2)32-17/h6-12,20H,5H2,1-4H3/b18-12+. The van der Waals surface area contributed by atoms with Crippen LogP contribution in [0, 0.1) is 6.92 Å².